The van der Waals surface area contributed by atoms with Gasteiger partial charge in [0.25, 0.3) is 0 Å². The lowest BCUT2D eigenvalue weighted by Crippen LogP contribution is -1.94. The van der Waals surface area contributed by atoms with Gasteiger partial charge in [-0.3, -0.25) is 4.79 Å². The molecule has 2 heterocycles. The predicted molar refractivity (Wildman–Crippen MR) is 73.3 cm³/mol. The smallest absolute Gasteiger partial charge is 0.211 e. The summed E-state index contributed by atoms with van der Waals surface area (Å²) in [5.74, 6) is 0.892. The van der Waals surface area contributed by atoms with Gasteiger partial charge in [-0.15, -0.1) is 0 Å². The van der Waals surface area contributed by atoms with Crippen molar-refractivity contribution in [1.82, 2.24) is 4.57 Å². The Morgan fingerprint density at radius 1 is 1.05 bits per heavy atom. The van der Waals surface area contributed by atoms with Gasteiger partial charge >= 0.3 is 0 Å². The van der Waals surface area contributed by atoms with Gasteiger partial charge in [-0.2, -0.15) is 0 Å². The van der Waals surface area contributed by atoms with E-state index >= 15 is 0 Å². The molecule has 0 saturated heterocycles. The third kappa shape index (κ3) is 1.24. The summed E-state index contributed by atoms with van der Waals surface area (Å²) in [6.07, 6.45) is 0. The van der Waals surface area contributed by atoms with E-state index in [-0.39, 0.29) is 5.78 Å². The predicted octanol–water partition coefficient (Wildman–Crippen LogP) is 3.18. The van der Waals surface area contributed by atoms with Crippen molar-refractivity contribution in [2.75, 3.05) is 7.11 Å². The summed E-state index contributed by atoms with van der Waals surface area (Å²) in [4.78, 5) is 12.4. The molecule has 1 aromatic heterocycles. The molecule has 0 amide bonds. The van der Waals surface area contributed by atoms with Crippen molar-refractivity contribution in [1.29, 1.82) is 0 Å². The van der Waals surface area contributed by atoms with Crippen LogP contribution in [0, 0.1) is 0 Å². The second-order valence-corrected chi connectivity index (χ2v) is 4.64. The van der Waals surface area contributed by atoms with E-state index in [1.165, 1.54) is 0 Å². The van der Waals surface area contributed by atoms with Crippen LogP contribution < -0.4 is 4.74 Å². The molecule has 4 rings (SSSR count). The molecule has 3 aromatic rings. The van der Waals surface area contributed by atoms with Crippen LogP contribution in [0.1, 0.15) is 16.1 Å². The van der Waals surface area contributed by atoms with Crippen LogP contribution in [0.5, 0.6) is 5.75 Å². The fourth-order valence-electron chi connectivity index (χ4n) is 2.75. The SMILES string of the molecule is COc1ccc2c(c1)cc1n2-c2ccccc2C1=O. The highest BCUT2D eigenvalue weighted by Gasteiger charge is 2.28. The molecule has 0 atom stereocenters. The molecule has 19 heavy (non-hydrogen) atoms. The Morgan fingerprint density at radius 3 is 2.74 bits per heavy atom. The topological polar surface area (TPSA) is 31.2 Å². The molecule has 0 fully saturated rings. The maximum absolute atomic E-state index is 12.4. The summed E-state index contributed by atoms with van der Waals surface area (Å²) in [7, 11) is 1.64. The fraction of sp³-hybridized carbons (Fsp3) is 0.0625. The number of para-hydroxylation sites is 1. The zero-order chi connectivity index (χ0) is 13.0. The van der Waals surface area contributed by atoms with Gasteiger partial charge in [-0.05, 0) is 36.4 Å². The van der Waals surface area contributed by atoms with Crippen LogP contribution in [-0.4, -0.2) is 17.5 Å². The highest BCUT2D eigenvalue weighted by Crippen LogP contribution is 2.35. The summed E-state index contributed by atoms with van der Waals surface area (Å²) < 4.78 is 7.25. The van der Waals surface area contributed by atoms with Crippen LogP contribution in [0.4, 0.5) is 0 Å². The van der Waals surface area contributed by atoms with Crippen molar-refractivity contribution >= 4 is 16.7 Å². The monoisotopic (exact) mass is 249 g/mol. The third-order valence-electron chi connectivity index (χ3n) is 3.63. The average Bonchev–Trinajstić information content (AvgIpc) is 2.95. The highest BCUT2D eigenvalue weighted by atomic mass is 16.5. The average molecular weight is 249 g/mol. The minimum absolute atomic E-state index is 0.0887. The normalized spacial score (nSPS) is 12.6. The van der Waals surface area contributed by atoms with Gasteiger partial charge in [0.2, 0.25) is 5.78 Å². The number of hydrogen-bond acceptors (Lipinski definition) is 2. The molecule has 0 saturated carbocycles. The molecule has 0 unspecified atom stereocenters. The molecule has 0 aliphatic carbocycles. The molecule has 0 bridgehead atoms. The zero-order valence-corrected chi connectivity index (χ0v) is 10.4. The standard InChI is InChI=1S/C16H11NO2/c1-19-11-6-7-13-10(8-11)9-15-16(18)12-4-2-3-5-14(12)17(13)15/h2-9H,1H3. The van der Waals surface area contributed by atoms with Crippen LogP contribution in [0.3, 0.4) is 0 Å². The number of fused-ring (bicyclic) bond motifs is 5. The van der Waals surface area contributed by atoms with Gasteiger partial charge in [-0.25, -0.2) is 0 Å². The van der Waals surface area contributed by atoms with Crippen molar-refractivity contribution in [2.45, 2.75) is 0 Å². The molecular weight excluding hydrogens is 238 g/mol. The Hall–Kier alpha value is -2.55. The van der Waals surface area contributed by atoms with E-state index in [2.05, 4.69) is 0 Å². The van der Waals surface area contributed by atoms with Gasteiger partial charge in [0.05, 0.1) is 24.0 Å². The van der Waals surface area contributed by atoms with Gasteiger partial charge < -0.3 is 9.30 Å². The first-order valence-corrected chi connectivity index (χ1v) is 6.13. The number of aromatic nitrogens is 1. The number of benzene rings is 2. The zero-order valence-electron chi connectivity index (χ0n) is 10.4. The summed E-state index contributed by atoms with van der Waals surface area (Å²) in [6.45, 7) is 0. The number of hydrogen-bond donors (Lipinski definition) is 0. The fourth-order valence-corrected chi connectivity index (χ4v) is 2.75. The van der Waals surface area contributed by atoms with Crippen molar-refractivity contribution < 1.29 is 9.53 Å². The van der Waals surface area contributed by atoms with Gasteiger partial charge in [0.15, 0.2) is 0 Å². The van der Waals surface area contributed by atoms with Gasteiger partial charge in [0, 0.05) is 10.9 Å². The van der Waals surface area contributed by atoms with Crippen LogP contribution in [0.2, 0.25) is 0 Å². The first-order valence-electron chi connectivity index (χ1n) is 6.13. The van der Waals surface area contributed by atoms with Crippen LogP contribution in [-0.2, 0) is 0 Å². The molecule has 0 spiro atoms. The Morgan fingerprint density at radius 2 is 1.89 bits per heavy atom. The molecule has 0 radical (unpaired) electrons. The molecule has 3 nitrogen and oxygen atoms in total. The number of rotatable bonds is 1. The molecule has 92 valence electrons. The minimum Gasteiger partial charge on any atom is -0.497 e. The number of carbonyl (C=O) groups is 1. The summed E-state index contributed by atoms with van der Waals surface area (Å²) in [5.41, 5.74) is 3.50. The quantitative estimate of drug-likeness (QED) is 0.519. The summed E-state index contributed by atoms with van der Waals surface area (Å²) in [5, 5.41) is 1.03. The second-order valence-electron chi connectivity index (χ2n) is 4.64. The lowest BCUT2D eigenvalue weighted by Gasteiger charge is -2.04. The number of ether oxygens (including phenoxy) is 1. The molecule has 1 aliphatic heterocycles. The van der Waals surface area contributed by atoms with E-state index in [0.29, 0.717) is 0 Å². The van der Waals surface area contributed by atoms with Gasteiger partial charge in [-0.1, -0.05) is 12.1 Å². The number of carbonyl (C=O) groups excluding carboxylic acids is 1. The lowest BCUT2D eigenvalue weighted by molar-refractivity contribution is 0.104. The van der Waals surface area contributed by atoms with Crippen LogP contribution in [0.15, 0.2) is 48.5 Å². The number of nitrogens with zero attached hydrogens (tertiary/aromatic N) is 1. The van der Waals surface area contributed by atoms with Crippen molar-refractivity contribution in [3.8, 4) is 11.4 Å². The Labute approximate surface area is 110 Å². The molecular formula is C16H11NO2. The lowest BCUT2D eigenvalue weighted by atomic mass is 10.1. The van der Waals surface area contributed by atoms with E-state index in [0.717, 1.165) is 33.6 Å². The largest absolute Gasteiger partial charge is 0.497 e. The molecule has 2 aromatic carbocycles. The Kier molecular flexibility index (Phi) is 1.90. The number of ketones is 1. The third-order valence-corrected chi connectivity index (χ3v) is 3.63. The van der Waals surface area contributed by atoms with Crippen molar-refractivity contribution in [2.24, 2.45) is 0 Å². The second kappa shape index (κ2) is 3.48. The minimum atomic E-state index is 0.0887. The first-order chi connectivity index (χ1) is 9.29. The van der Waals surface area contributed by atoms with Crippen LogP contribution >= 0.6 is 0 Å². The van der Waals surface area contributed by atoms with E-state index in [1.807, 2.05) is 53.1 Å². The van der Waals surface area contributed by atoms with E-state index < -0.39 is 0 Å². The van der Waals surface area contributed by atoms with Gasteiger partial charge in [0.1, 0.15) is 5.75 Å². The number of methoxy groups -OCH3 is 1. The first kappa shape index (κ1) is 10.4. The maximum atomic E-state index is 12.4. The van der Waals surface area contributed by atoms with E-state index in [1.54, 1.807) is 7.11 Å². The maximum Gasteiger partial charge on any atom is 0.211 e. The van der Waals surface area contributed by atoms with E-state index in [4.69, 9.17) is 4.74 Å². The Balaban J connectivity index is 2.10. The highest BCUT2D eigenvalue weighted by molar-refractivity contribution is 6.17. The van der Waals surface area contributed by atoms with Crippen LogP contribution in [0.25, 0.3) is 16.6 Å². The molecule has 0 N–H and O–H groups in total. The summed E-state index contributed by atoms with van der Waals surface area (Å²) in [6, 6.07) is 15.5. The molecule has 3 heteroatoms. The Bertz CT molecular complexity index is 830. The molecule has 1 aliphatic rings. The van der Waals surface area contributed by atoms with Crippen molar-refractivity contribution in [3.63, 3.8) is 0 Å². The van der Waals surface area contributed by atoms with Crippen molar-refractivity contribution in [3.05, 3.63) is 59.8 Å². The van der Waals surface area contributed by atoms with E-state index in [9.17, 15) is 4.79 Å². The summed E-state index contributed by atoms with van der Waals surface area (Å²) >= 11 is 0.